The molecule has 1 saturated heterocycles. The summed E-state index contributed by atoms with van der Waals surface area (Å²) in [6.07, 6.45) is 1.78. The Morgan fingerprint density at radius 3 is 2.53 bits per heavy atom. The van der Waals surface area contributed by atoms with E-state index in [0.717, 1.165) is 32.4 Å². The van der Waals surface area contributed by atoms with Gasteiger partial charge in [0.05, 0.1) is 15.5 Å². The van der Waals surface area contributed by atoms with Crippen LogP contribution in [-0.2, 0) is 11.4 Å². The van der Waals surface area contributed by atoms with Crippen molar-refractivity contribution in [2.75, 3.05) is 4.90 Å². The molecule has 1 aliphatic rings. The van der Waals surface area contributed by atoms with Gasteiger partial charge < -0.3 is 4.74 Å². The van der Waals surface area contributed by atoms with Crippen molar-refractivity contribution >= 4 is 67.6 Å². The molecule has 0 saturated carbocycles. The number of carbonyl (C=O) groups excluding carboxylic acids is 1. The number of anilines is 1. The van der Waals surface area contributed by atoms with E-state index in [1.165, 1.54) is 23.9 Å². The number of hydrogen-bond donors (Lipinski definition) is 0. The van der Waals surface area contributed by atoms with Crippen molar-refractivity contribution in [1.82, 2.24) is 0 Å². The molecule has 1 aliphatic heterocycles. The van der Waals surface area contributed by atoms with Gasteiger partial charge in [0, 0.05) is 22.2 Å². The quantitative estimate of drug-likeness (QED) is 0.142. The molecule has 34 heavy (non-hydrogen) atoms. The lowest BCUT2D eigenvalue weighted by Crippen LogP contribution is -2.28. The number of ether oxygens (including phenoxy) is 1. The van der Waals surface area contributed by atoms with Gasteiger partial charge >= 0.3 is 0 Å². The molecule has 172 valence electrons. The molecule has 1 amide bonds. The Bertz CT molecular complexity index is 1340. The smallest absolute Gasteiger partial charge is 0.270 e. The number of carbonyl (C=O) groups is 1. The van der Waals surface area contributed by atoms with E-state index in [1.54, 1.807) is 23.1 Å². The first-order chi connectivity index (χ1) is 16.2. The fourth-order valence-corrected chi connectivity index (χ4v) is 5.17. The van der Waals surface area contributed by atoms with Crippen LogP contribution in [0.4, 0.5) is 11.4 Å². The van der Waals surface area contributed by atoms with Gasteiger partial charge in [-0.05, 0) is 67.4 Å². The summed E-state index contributed by atoms with van der Waals surface area (Å²) in [7, 11) is 0. The Morgan fingerprint density at radius 2 is 1.85 bits per heavy atom. The van der Waals surface area contributed by atoms with Crippen LogP contribution in [0.25, 0.3) is 6.08 Å². The Kier molecular flexibility index (Phi) is 7.16. The second-order valence-electron chi connectivity index (χ2n) is 7.70. The van der Waals surface area contributed by atoms with Gasteiger partial charge in [-0.3, -0.25) is 19.8 Å². The number of nitrogens with zero attached hydrogens (tertiary/aromatic N) is 2. The Hall–Kier alpha value is -3.01. The maximum atomic E-state index is 13.3. The van der Waals surface area contributed by atoms with Crippen molar-refractivity contribution in [3.63, 3.8) is 0 Å². The minimum Gasteiger partial charge on any atom is -0.488 e. The van der Waals surface area contributed by atoms with E-state index in [1.807, 2.05) is 50.2 Å². The predicted molar refractivity (Wildman–Crippen MR) is 143 cm³/mol. The summed E-state index contributed by atoms with van der Waals surface area (Å²) in [5.74, 6) is 0.404. The van der Waals surface area contributed by atoms with Gasteiger partial charge in [-0.25, -0.2) is 0 Å². The highest BCUT2D eigenvalue weighted by molar-refractivity contribution is 9.10. The topological polar surface area (TPSA) is 72.7 Å². The average molecular weight is 555 g/mol. The highest BCUT2D eigenvalue weighted by atomic mass is 79.9. The summed E-state index contributed by atoms with van der Waals surface area (Å²) in [6.45, 7) is 4.19. The molecule has 1 fully saturated rings. The lowest BCUT2D eigenvalue weighted by molar-refractivity contribution is -0.384. The molecule has 3 aromatic rings. The molecule has 0 unspecified atom stereocenters. The van der Waals surface area contributed by atoms with Crippen molar-refractivity contribution in [3.05, 3.63) is 102 Å². The fourth-order valence-electron chi connectivity index (χ4n) is 3.51. The second-order valence-corrected chi connectivity index (χ2v) is 10.3. The van der Waals surface area contributed by atoms with Crippen molar-refractivity contribution < 1.29 is 14.5 Å². The molecule has 9 heteroatoms. The van der Waals surface area contributed by atoms with Crippen LogP contribution in [0.2, 0.25) is 0 Å². The Morgan fingerprint density at radius 1 is 1.12 bits per heavy atom. The number of thiocarbonyl (C=S) groups is 1. The van der Waals surface area contributed by atoms with E-state index in [4.69, 9.17) is 17.0 Å². The number of nitro groups is 1. The minimum atomic E-state index is -0.439. The maximum Gasteiger partial charge on any atom is 0.270 e. The first-order valence-corrected chi connectivity index (χ1v) is 12.3. The van der Waals surface area contributed by atoms with Gasteiger partial charge in [-0.1, -0.05) is 57.6 Å². The van der Waals surface area contributed by atoms with E-state index < -0.39 is 4.92 Å². The molecule has 4 rings (SSSR count). The summed E-state index contributed by atoms with van der Waals surface area (Å²) < 4.78 is 7.31. The van der Waals surface area contributed by atoms with Gasteiger partial charge in [0.2, 0.25) is 0 Å². The molecule has 3 aromatic carbocycles. The number of nitro benzene ring substituents is 1. The van der Waals surface area contributed by atoms with Crippen molar-refractivity contribution in [2.24, 2.45) is 0 Å². The van der Waals surface area contributed by atoms with E-state index in [2.05, 4.69) is 15.9 Å². The molecule has 0 atom stereocenters. The molecule has 0 bridgehead atoms. The SMILES string of the molecule is Cc1ccc(N2C(=O)/C(=C\c3cc(Br)ccc3OCc3ccc([N+](=O)[O-])cc3)SC2=S)c(C)c1. The Balaban J connectivity index is 1.59. The highest BCUT2D eigenvalue weighted by Crippen LogP contribution is 2.39. The third-order valence-electron chi connectivity index (χ3n) is 5.19. The first-order valence-electron chi connectivity index (χ1n) is 10.2. The van der Waals surface area contributed by atoms with Gasteiger partial charge in [0.1, 0.15) is 12.4 Å². The normalized spacial score (nSPS) is 14.7. The van der Waals surface area contributed by atoms with E-state index in [0.29, 0.717) is 15.0 Å². The third-order valence-corrected chi connectivity index (χ3v) is 6.98. The monoisotopic (exact) mass is 554 g/mol. The molecule has 0 spiro atoms. The van der Waals surface area contributed by atoms with Gasteiger partial charge in [-0.15, -0.1) is 0 Å². The summed E-state index contributed by atoms with van der Waals surface area (Å²) >= 11 is 10.3. The number of amides is 1. The zero-order valence-electron chi connectivity index (χ0n) is 18.3. The van der Waals surface area contributed by atoms with Crippen LogP contribution in [0.15, 0.2) is 70.0 Å². The number of benzene rings is 3. The van der Waals surface area contributed by atoms with E-state index in [9.17, 15) is 14.9 Å². The van der Waals surface area contributed by atoms with Crippen molar-refractivity contribution in [2.45, 2.75) is 20.5 Å². The number of hydrogen-bond acceptors (Lipinski definition) is 6. The standard InChI is InChI=1S/C25H19BrN2O4S2/c1-15-3-9-21(16(2)11-15)27-24(29)23(34-25(27)33)13-18-12-19(26)6-10-22(18)32-14-17-4-7-20(8-5-17)28(30)31/h3-13H,14H2,1-2H3/b23-13+. The molecule has 0 aliphatic carbocycles. The number of halogens is 1. The van der Waals surface area contributed by atoms with Crippen LogP contribution in [0, 0.1) is 24.0 Å². The summed E-state index contributed by atoms with van der Waals surface area (Å²) in [5.41, 5.74) is 4.41. The van der Waals surface area contributed by atoms with Gasteiger partial charge in [0.15, 0.2) is 4.32 Å². The van der Waals surface area contributed by atoms with Crippen LogP contribution < -0.4 is 9.64 Å². The zero-order valence-corrected chi connectivity index (χ0v) is 21.5. The minimum absolute atomic E-state index is 0.0268. The van der Waals surface area contributed by atoms with E-state index >= 15 is 0 Å². The van der Waals surface area contributed by atoms with Crippen molar-refractivity contribution in [1.29, 1.82) is 0 Å². The number of non-ortho nitro benzene ring substituents is 1. The number of aryl methyl sites for hydroxylation is 2. The molecule has 0 N–H and O–H groups in total. The lowest BCUT2D eigenvalue weighted by atomic mass is 10.1. The molecule has 6 nitrogen and oxygen atoms in total. The largest absolute Gasteiger partial charge is 0.488 e. The molecule has 0 radical (unpaired) electrons. The molecule has 0 aromatic heterocycles. The second kappa shape index (κ2) is 10.1. The predicted octanol–water partition coefficient (Wildman–Crippen LogP) is 6.96. The molecular formula is C25H19BrN2O4S2. The molecular weight excluding hydrogens is 536 g/mol. The third kappa shape index (κ3) is 5.22. The van der Waals surface area contributed by atoms with Gasteiger partial charge in [0.25, 0.3) is 11.6 Å². The number of rotatable bonds is 6. The lowest BCUT2D eigenvalue weighted by Gasteiger charge is -2.17. The first kappa shape index (κ1) is 24.1. The molecule has 1 heterocycles. The average Bonchev–Trinajstić information content (AvgIpc) is 3.06. The summed E-state index contributed by atoms with van der Waals surface area (Å²) in [6, 6.07) is 17.6. The van der Waals surface area contributed by atoms with E-state index in [-0.39, 0.29) is 18.2 Å². The number of thioether (sulfide) groups is 1. The zero-order chi connectivity index (χ0) is 24.4. The highest BCUT2D eigenvalue weighted by Gasteiger charge is 2.34. The fraction of sp³-hybridized carbons (Fsp3) is 0.120. The van der Waals surface area contributed by atoms with Crippen LogP contribution in [-0.4, -0.2) is 15.2 Å². The summed E-state index contributed by atoms with van der Waals surface area (Å²) in [5, 5.41) is 10.9. The Labute approximate surface area is 214 Å². The van der Waals surface area contributed by atoms with Crippen LogP contribution in [0.1, 0.15) is 22.3 Å². The van der Waals surface area contributed by atoms with Crippen LogP contribution >= 0.6 is 39.9 Å². The van der Waals surface area contributed by atoms with Gasteiger partial charge in [-0.2, -0.15) is 0 Å². The van der Waals surface area contributed by atoms with Crippen LogP contribution in [0.3, 0.4) is 0 Å². The maximum absolute atomic E-state index is 13.3. The van der Waals surface area contributed by atoms with Crippen molar-refractivity contribution in [3.8, 4) is 5.75 Å². The van der Waals surface area contributed by atoms with Crippen LogP contribution in [0.5, 0.6) is 5.75 Å². The summed E-state index contributed by atoms with van der Waals surface area (Å²) in [4.78, 5) is 25.7.